The lowest BCUT2D eigenvalue weighted by atomic mass is 9.96. The number of benzene rings is 2. The lowest BCUT2D eigenvalue weighted by molar-refractivity contribution is 0.232. The van der Waals surface area contributed by atoms with E-state index in [2.05, 4.69) is 10.6 Å². The lowest BCUT2D eigenvalue weighted by Crippen LogP contribution is -2.39. The van der Waals surface area contributed by atoms with E-state index < -0.39 is 0 Å². The molecule has 0 saturated carbocycles. The van der Waals surface area contributed by atoms with Crippen LogP contribution in [0.4, 0.5) is 9.18 Å². The van der Waals surface area contributed by atoms with E-state index in [0.717, 1.165) is 23.3 Å². The molecule has 0 radical (unpaired) electrons. The van der Waals surface area contributed by atoms with Gasteiger partial charge in [0.15, 0.2) is 11.5 Å². The Hall–Kier alpha value is -2.76. The van der Waals surface area contributed by atoms with Gasteiger partial charge in [0.2, 0.25) is 0 Å². The minimum atomic E-state index is -0.299. The molecule has 1 aliphatic rings. The molecule has 0 fully saturated rings. The minimum absolute atomic E-state index is 0.173. The molecule has 1 aliphatic heterocycles. The van der Waals surface area contributed by atoms with Gasteiger partial charge in [0.1, 0.15) is 5.82 Å². The van der Waals surface area contributed by atoms with Gasteiger partial charge in [-0.2, -0.15) is 0 Å². The van der Waals surface area contributed by atoms with Crippen molar-refractivity contribution >= 4 is 6.03 Å². The van der Waals surface area contributed by atoms with Crippen molar-refractivity contribution in [3.05, 3.63) is 58.9 Å². The van der Waals surface area contributed by atoms with Crippen molar-refractivity contribution in [3.8, 4) is 11.5 Å². The second-order valence-electron chi connectivity index (χ2n) is 7.39. The quantitative estimate of drug-likeness (QED) is 0.796. The highest BCUT2D eigenvalue weighted by atomic mass is 19.1. The first-order chi connectivity index (χ1) is 13.4. The number of ether oxygens (including phenoxy) is 2. The van der Waals surface area contributed by atoms with Crippen LogP contribution < -0.4 is 20.1 Å². The molecule has 0 bridgehead atoms. The van der Waals surface area contributed by atoms with Crippen molar-refractivity contribution in [1.29, 1.82) is 0 Å². The zero-order chi connectivity index (χ0) is 20.1. The summed E-state index contributed by atoms with van der Waals surface area (Å²) in [5, 5.41) is 5.81. The SMILES string of the molecule is Cc1ccc(CNC(=O)N[C@H](c2ccc3c(c2)OCCCO3)C(C)C)cc1F. The predicted molar refractivity (Wildman–Crippen MR) is 106 cm³/mol. The highest BCUT2D eigenvalue weighted by Crippen LogP contribution is 2.34. The molecule has 2 aromatic carbocycles. The van der Waals surface area contributed by atoms with Crippen molar-refractivity contribution in [2.24, 2.45) is 5.92 Å². The van der Waals surface area contributed by atoms with Crippen molar-refractivity contribution in [3.63, 3.8) is 0 Å². The Morgan fingerprint density at radius 2 is 1.86 bits per heavy atom. The molecule has 1 heterocycles. The number of carbonyl (C=O) groups is 1. The van der Waals surface area contributed by atoms with Crippen LogP contribution in [-0.4, -0.2) is 19.2 Å². The summed E-state index contributed by atoms with van der Waals surface area (Å²) in [5.74, 6) is 1.34. The fourth-order valence-electron chi connectivity index (χ4n) is 3.13. The molecule has 0 spiro atoms. The van der Waals surface area contributed by atoms with Gasteiger partial charge in [-0.25, -0.2) is 9.18 Å². The van der Waals surface area contributed by atoms with Crippen molar-refractivity contribution in [1.82, 2.24) is 10.6 Å². The summed E-state index contributed by atoms with van der Waals surface area (Å²) in [5.41, 5.74) is 2.26. The van der Waals surface area contributed by atoms with Gasteiger partial charge in [-0.05, 0) is 47.7 Å². The molecular formula is C22H27FN2O3. The molecule has 5 nitrogen and oxygen atoms in total. The van der Waals surface area contributed by atoms with Crippen LogP contribution in [0.3, 0.4) is 0 Å². The molecule has 0 unspecified atom stereocenters. The van der Waals surface area contributed by atoms with Crippen LogP contribution >= 0.6 is 0 Å². The number of nitrogens with one attached hydrogen (secondary N) is 2. The first-order valence-electron chi connectivity index (χ1n) is 9.63. The van der Waals surface area contributed by atoms with E-state index in [0.29, 0.717) is 24.5 Å². The molecule has 3 rings (SSSR count). The first-order valence-corrected chi connectivity index (χ1v) is 9.63. The van der Waals surface area contributed by atoms with Gasteiger partial charge >= 0.3 is 6.03 Å². The van der Waals surface area contributed by atoms with E-state index in [4.69, 9.17) is 9.47 Å². The number of hydrogen-bond acceptors (Lipinski definition) is 3. The van der Waals surface area contributed by atoms with Crippen molar-refractivity contribution < 1.29 is 18.7 Å². The summed E-state index contributed by atoms with van der Waals surface area (Å²) in [6, 6.07) is 10.2. The second-order valence-corrected chi connectivity index (χ2v) is 7.39. The Morgan fingerprint density at radius 1 is 1.11 bits per heavy atom. The zero-order valence-corrected chi connectivity index (χ0v) is 16.5. The number of halogens is 1. The fraction of sp³-hybridized carbons (Fsp3) is 0.409. The highest BCUT2D eigenvalue weighted by Gasteiger charge is 2.21. The van der Waals surface area contributed by atoms with E-state index in [-0.39, 0.29) is 30.4 Å². The van der Waals surface area contributed by atoms with Crippen LogP contribution in [0.15, 0.2) is 36.4 Å². The molecule has 150 valence electrons. The van der Waals surface area contributed by atoms with Gasteiger partial charge in [0.25, 0.3) is 0 Å². The fourth-order valence-corrected chi connectivity index (χ4v) is 3.13. The third kappa shape index (κ3) is 4.94. The van der Waals surface area contributed by atoms with Crippen molar-refractivity contribution in [2.75, 3.05) is 13.2 Å². The summed E-state index contributed by atoms with van der Waals surface area (Å²) in [4.78, 5) is 12.4. The van der Waals surface area contributed by atoms with E-state index in [1.54, 1.807) is 13.0 Å². The molecule has 2 N–H and O–H groups in total. The van der Waals surface area contributed by atoms with E-state index >= 15 is 0 Å². The summed E-state index contributed by atoms with van der Waals surface area (Å²) in [7, 11) is 0. The van der Waals surface area contributed by atoms with Crippen LogP contribution in [0.2, 0.25) is 0 Å². The average molecular weight is 386 g/mol. The molecule has 2 amide bonds. The normalized spacial score (nSPS) is 14.3. The summed E-state index contributed by atoms with van der Waals surface area (Å²) < 4.78 is 25.1. The number of hydrogen-bond donors (Lipinski definition) is 2. The molecular weight excluding hydrogens is 359 g/mol. The Balaban J connectivity index is 1.66. The third-order valence-corrected chi connectivity index (χ3v) is 4.77. The standard InChI is InChI=1S/C22H27FN2O3/c1-14(2)21(17-7-8-19-20(12-17)28-10-4-9-27-19)25-22(26)24-13-16-6-5-15(3)18(23)11-16/h5-8,11-12,14,21H,4,9-10,13H2,1-3H3,(H2,24,25,26)/t21-/m0/s1. The average Bonchev–Trinajstić information content (AvgIpc) is 2.91. The van der Waals surface area contributed by atoms with Crippen LogP contribution in [0.5, 0.6) is 11.5 Å². The summed E-state index contributed by atoms with van der Waals surface area (Å²) in [6.07, 6.45) is 0.845. The Labute approximate surface area is 165 Å². The Bertz CT molecular complexity index is 839. The molecule has 0 aliphatic carbocycles. The smallest absolute Gasteiger partial charge is 0.315 e. The van der Waals surface area contributed by atoms with E-state index in [9.17, 15) is 9.18 Å². The van der Waals surface area contributed by atoms with Gasteiger partial charge in [-0.1, -0.05) is 32.0 Å². The molecule has 6 heteroatoms. The third-order valence-electron chi connectivity index (χ3n) is 4.77. The predicted octanol–water partition coefficient (Wildman–Crippen LogP) is 4.49. The lowest BCUT2D eigenvalue weighted by Gasteiger charge is -2.24. The van der Waals surface area contributed by atoms with Gasteiger partial charge in [0.05, 0.1) is 19.3 Å². The van der Waals surface area contributed by atoms with Crippen LogP contribution in [0.25, 0.3) is 0 Å². The van der Waals surface area contributed by atoms with Gasteiger partial charge in [-0.3, -0.25) is 0 Å². The van der Waals surface area contributed by atoms with Crippen molar-refractivity contribution in [2.45, 2.75) is 39.8 Å². The minimum Gasteiger partial charge on any atom is -0.490 e. The van der Waals surface area contributed by atoms with Crippen LogP contribution in [0, 0.1) is 18.7 Å². The van der Waals surface area contributed by atoms with E-state index in [1.165, 1.54) is 6.07 Å². The maximum atomic E-state index is 13.7. The Morgan fingerprint density at radius 3 is 2.57 bits per heavy atom. The largest absolute Gasteiger partial charge is 0.490 e. The number of fused-ring (bicyclic) bond motifs is 1. The molecule has 1 atom stereocenters. The topological polar surface area (TPSA) is 59.6 Å². The van der Waals surface area contributed by atoms with Crippen LogP contribution in [0.1, 0.15) is 43.0 Å². The maximum Gasteiger partial charge on any atom is 0.315 e. The number of amides is 2. The number of rotatable bonds is 5. The summed E-state index contributed by atoms with van der Waals surface area (Å²) >= 11 is 0. The van der Waals surface area contributed by atoms with Gasteiger partial charge in [0, 0.05) is 13.0 Å². The number of carbonyl (C=O) groups excluding carboxylic acids is 1. The monoisotopic (exact) mass is 386 g/mol. The maximum absolute atomic E-state index is 13.7. The Kier molecular flexibility index (Phi) is 6.39. The van der Waals surface area contributed by atoms with E-state index in [1.807, 2.05) is 38.1 Å². The number of urea groups is 1. The second kappa shape index (κ2) is 8.95. The molecule has 0 aromatic heterocycles. The van der Waals surface area contributed by atoms with Gasteiger partial charge < -0.3 is 20.1 Å². The molecule has 0 saturated heterocycles. The highest BCUT2D eigenvalue weighted by molar-refractivity contribution is 5.74. The first kappa shape index (κ1) is 20.0. The van der Waals surface area contributed by atoms with Gasteiger partial charge in [-0.15, -0.1) is 0 Å². The number of aryl methyl sites for hydroxylation is 1. The van der Waals surface area contributed by atoms with Crippen LogP contribution in [-0.2, 0) is 6.54 Å². The summed E-state index contributed by atoms with van der Waals surface area (Å²) in [6.45, 7) is 7.31. The zero-order valence-electron chi connectivity index (χ0n) is 16.5. The molecule has 28 heavy (non-hydrogen) atoms. The molecule has 2 aromatic rings.